The lowest BCUT2D eigenvalue weighted by molar-refractivity contribution is 1.29. The first-order valence-electron chi connectivity index (χ1n) is 5.33. The third kappa shape index (κ3) is 1.72. The lowest BCUT2D eigenvalue weighted by atomic mass is 10.2. The van der Waals surface area contributed by atoms with Gasteiger partial charge in [0.25, 0.3) is 0 Å². The van der Waals surface area contributed by atoms with Crippen LogP contribution in [-0.4, -0.2) is 4.98 Å². The summed E-state index contributed by atoms with van der Waals surface area (Å²) in [7, 11) is 0. The zero-order valence-electron chi connectivity index (χ0n) is 8.76. The summed E-state index contributed by atoms with van der Waals surface area (Å²) < 4.78 is 1.26. The van der Waals surface area contributed by atoms with Gasteiger partial charge in [0.2, 0.25) is 0 Å². The lowest BCUT2D eigenvalue weighted by Crippen LogP contribution is -2.19. The predicted molar refractivity (Wildman–Crippen MR) is 69.5 cm³/mol. The molecule has 1 heterocycles. The van der Waals surface area contributed by atoms with Gasteiger partial charge in [-0.05, 0) is 12.5 Å². The highest BCUT2D eigenvalue weighted by Gasteiger charge is 2.02. The topological polar surface area (TPSA) is 12.9 Å². The van der Waals surface area contributed by atoms with E-state index in [0.717, 1.165) is 16.8 Å². The summed E-state index contributed by atoms with van der Waals surface area (Å²) in [5.41, 5.74) is 1.20. The SMILES string of the molecule is C1=CCC=c2nc(-c3ccccc3)sc2=C1. The van der Waals surface area contributed by atoms with Crippen molar-refractivity contribution in [2.24, 2.45) is 0 Å². The van der Waals surface area contributed by atoms with Gasteiger partial charge < -0.3 is 0 Å². The zero-order chi connectivity index (χ0) is 10.8. The highest BCUT2D eigenvalue weighted by atomic mass is 32.1. The molecule has 0 bridgehead atoms. The lowest BCUT2D eigenvalue weighted by Gasteiger charge is -1.92. The first-order chi connectivity index (χ1) is 7.93. The van der Waals surface area contributed by atoms with E-state index in [1.165, 1.54) is 10.1 Å². The van der Waals surface area contributed by atoms with Gasteiger partial charge in [-0.1, -0.05) is 48.6 Å². The van der Waals surface area contributed by atoms with Crippen LogP contribution in [0.1, 0.15) is 6.42 Å². The van der Waals surface area contributed by atoms with Crippen LogP contribution in [0, 0.1) is 0 Å². The molecule has 0 radical (unpaired) electrons. The summed E-state index contributed by atoms with van der Waals surface area (Å²) in [5, 5.41) is 2.22. The molecule has 1 aliphatic carbocycles. The monoisotopic (exact) mass is 225 g/mol. The molecular formula is C14H11NS. The van der Waals surface area contributed by atoms with E-state index < -0.39 is 0 Å². The molecule has 0 aliphatic heterocycles. The molecule has 16 heavy (non-hydrogen) atoms. The van der Waals surface area contributed by atoms with Crippen LogP contribution in [0.15, 0.2) is 42.5 Å². The van der Waals surface area contributed by atoms with E-state index >= 15 is 0 Å². The van der Waals surface area contributed by atoms with Crippen LogP contribution < -0.4 is 9.88 Å². The molecule has 0 fully saturated rings. The molecule has 1 aromatic carbocycles. The number of nitrogens with zero attached hydrogens (tertiary/aromatic N) is 1. The minimum absolute atomic E-state index is 0.974. The number of allylic oxidation sites excluding steroid dienone is 2. The van der Waals surface area contributed by atoms with Crippen molar-refractivity contribution in [1.82, 2.24) is 4.98 Å². The summed E-state index contributed by atoms with van der Waals surface area (Å²) in [6, 6.07) is 10.3. The van der Waals surface area contributed by atoms with Gasteiger partial charge in [-0.2, -0.15) is 0 Å². The van der Waals surface area contributed by atoms with Crippen LogP contribution in [0.3, 0.4) is 0 Å². The number of hydrogen-bond donors (Lipinski definition) is 0. The Labute approximate surface area is 98.1 Å². The summed E-state index contributed by atoms with van der Waals surface area (Å²) >= 11 is 1.75. The quantitative estimate of drug-likeness (QED) is 0.726. The molecule has 2 heteroatoms. The average molecular weight is 225 g/mol. The summed E-state index contributed by atoms with van der Waals surface area (Å²) in [6.07, 6.45) is 9.55. The Kier molecular flexibility index (Phi) is 2.43. The fraction of sp³-hybridized carbons (Fsp3) is 0.0714. The van der Waals surface area contributed by atoms with E-state index in [0.29, 0.717) is 0 Å². The Morgan fingerprint density at radius 3 is 2.88 bits per heavy atom. The second kappa shape index (κ2) is 4.06. The van der Waals surface area contributed by atoms with Crippen molar-refractivity contribution < 1.29 is 0 Å². The van der Waals surface area contributed by atoms with Gasteiger partial charge in [0, 0.05) is 5.56 Å². The molecule has 0 N–H and O–H groups in total. The predicted octanol–water partition coefficient (Wildman–Crippen LogP) is 2.33. The van der Waals surface area contributed by atoms with Gasteiger partial charge >= 0.3 is 0 Å². The standard InChI is InChI=1S/C14H11NS/c1-3-7-11(8-4-1)14-15-12-9-5-2-6-10-13(12)16-14/h1-4,6-10H,5H2. The molecule has 0 amide bonds. The molecule has 3 rings (SSSR count). The molecule has 0 saturated carbocycles. The molecule has 2 aromatic rings. The van der Waals surface area contributed by atoms with Crippen molar-refractivity contribution in [3.8, 4) is 10.6 Å². The van der Waals surface area contributed by atoms with Gasteiger partial charge in [0.05, 0.1) is 9.88 Å². The smallest absolute Gasteiger partial charge is 0.124 e. The Morgan fingerprint density at radius 2 is 2.00 bits per heavy atom. The maximum atomic E-state index is 4.67. The van der Waals surface area contributed by atoms with Crippen LogP contribution in [0.4, 0.5) is 0 Å². The Balaban J connectivity index is 2.20. The zero-order valence-corrected chi connectivity index (χ0v) is 9.58. The van der Waals surface area contributed by atoms with E-state index in [1.54, 1.807) is 11.3 Å². The van der Waals surface area contributed by atoms with Crippen molar-refractivity contribution in [2.45, 2.75) is 6.42 Å². The molecule has 0 saturated heterocycles. The summed E-state index contributed by atoms with van der Waals surface area (Å²) in [4.78, 5) is 4.67. The van der Waals surface area contributed by atoms with Gasteiger partial charge in [-0.15, -0.1) is 11.3 Å². The minimum Gasteiger partial charge on any atom is -0.236 e. The molecule has 0 spiro atoms. The fourth-order valence-corrected chi connectivity index (χ4v) is 2.71. The van der Waals surface area contributed by atoms with Crippen LogP contribution in [0.25, 0.3) is 22.7 Å². The Hall–Kier alpha value is -1.67. The van der Waals surface area contributed by atoms with E-state index in [4.69, 9.17) is 0 Å². The van der Waals surface area contributed by atoms with Crippen molar-refractivity contribution in [3.63, 3.8) is 0 Å². The maximum Gasteiger partial charge on any atom is 0.124 e. The number of benzene rings is 1. The second-order valence-electron chi connectivity index (χ2n) is 3.67. The minimum atomic E-state index is 0.974. The van der Waals surface area contributed by atoms with E-state index in [2.05, 4.69) is 53.6 Å². The molecule has 1 aromatic heterocycles. The van der Waals surface area contributed by atoms with Gasteiger partial charge in [0.1, 0.15) is 5.01 Å². The van der Waals surface area contributed by atoms with Crippen molar-refractivity contribution in [2.75, 3.05) is 0 Å². The van der Waals surface area contributed by atoms with Crippen LogP contribution in [0.2, 0.25) is 0 Å². The van der Waals surface area contributed by atoms with E-state index in [-0.39, 0.29) is 0 Å². The van der Waals surface area contributed by atoms with E-state index in [1.807, 2.05) is 6.07 Å². The highest BCUT2D eigenvalue weighted by Crippen LogP contribution is 2.17. The fourth-order valence-electron chi connectivity index (χ4n) is 1.73. The molecule has 0 unspecified atom stereocenters. The van der Waals surface area contributed by atoms with Gasteiger partial charge in [-0.3, -0.25) is 0 Å². The number of hydrogen-bond acceptors (Lipinski definition) is 2. The summed E-state index contributed by atoms with van der Waals surface area (Å²) in [5.74, 6) is 0. The first-order valence-corrected chi connectivity index (χ1v) is 6.14. The molecule has 78 valence electrons. The molecule has 0 atom stereocenters. The molecular weight excluding hydrogens is 214 g/mol. The number of rotatable bonds is 1. The van der Waals surface area contributed by atoms with Crippen molar-refractivity contribution >= 4 is 23.5 Å². The maximum absolute atomic E-state index is 4.67. The Morgan fingerprint density at radius 1 is 1.12 bits per heavy atom. The van der Waals surface area contributed by atoms with Crippen LogP contribution in [0.5, 0.6) is 0 Å². The second-order valence-corrected chi connectivity index (χ2v) is 4.70. The van der Waals surface area contributed by atoms with Crippen molar-refractivity contribution in [3.05, 3.63) is 52.4 Å². The number of fused-ring (bicyclic) bond motifs is 1. The van der Waals surface area contributed by atoms with Gasteiger partial charge in [0.15, 0.2) is 0 Å². The number of thiazole rings is 1. The van der Waals surface area contributed by atoms with Crippen molar-refractivity contribution in [1.29, 1.82) is 0 Å². The average Bonchev–Trinajstić information content (AvgIpc) is 2.62. The molecule has 1 nitrogen and oxygen atoms in total. The van der Waals surface area contributed by atoms with Gasteiger partial charge in [-0.25, -0.2) is 4.98 Å². The summed E-state index contributed by atoms with van der Waals surface area (Å²) in [6.45, 7) is 0. The Bertz CT molecular complexity index is 635. The van der Waals surface area contributed by atoms with E-state index in [9.17, 15) is 0 Å². The van der Waals surface area contributed by atoms with Crippen LogP contribution >= 0.6 is 11.3 Å². The number of aromatic nitrogens is 1. The third-order valence-electron chi connectivity index (χ3n) is 2.53. The first kappa shape index (κ1) is 9.55. The highest BCUT2D eigenvalue weighted by molar-refractivity contribution is 7.13. The van der Waals surface area contributed by atoms with Crippen LogP contribution in [-0.2, 0) is 0 Å². The normalized spacial score (nSPS) is 13.5. The molecule has 1 aliphatic rings. The third-order valence-corrected chi connectivity index (χ3v) is 3.62. The largest absolute Gasteiger partial charge is 0.236 e.